The fourth-order valence-electron chi connectivity index (χ4n) is 3.58. The van der Waals surface area contributed by atoms with Crippen LogP contribution in [-0.4, -0.2) is 55.1 Å². The van der Waals surface area contributed by atoms with Gasteiger partial charge < -0.3 is 10.2 Å². The van der Waals surface area contributed by atoms with Gasteiger partial charge >= 0.3 is 0 Å². The molecule has 0 unspecified atom stereocenters. The van der Waals surface area contributed by atoms with Gasteiger partial charge in [-0.2, -0.15) is 0 Å². The molecule has 0 bridgehead atoms. The van der Waals surface area contributed by atoms with E-state index in [-0.39, 0.29) is 42.3 Å². The van der Waals surface area contributed by atoms with Gasteiger partial charge in [0, 0.05) is 37.6 Å². The predicted molar refractivity (Wildman–Crippen MR) is 135 cm³/mol. The Hall–Kier alpha value is -2.42. The van der Waals surface area contributed by atoms with Crippen molar-refractivity contribution >= 4 is 33.4 Å². The number of hydrogen-bond acceptors (Lipinski definition) is 4. The Labute approximate surface area is 208 Å². The van der Waals surface area contributed by atoms with Gasteiger partial charge in [0.2, 0.25) is 21.8 Å². The molecule has 2 amide bonds. The van der Waals surface area contributed by atoms with Gasteiger partial charge in [0.05, 0.1) is 4.90 Å². The maximum Gasteiger partial charge on any atom is 0.243 e. The average molecular weight is 508 g/mol. The van der Waals surface area contributed by atoms with Gasteiger partial charge in [0.1, 0.15) is 6.04 Å². The molecule has 0 heterocycles. The molecule has 0 aromatic heterocycles. The van der Waals surface area contributed by atoms with Crippen LogP contribution in [-0.2, 0) is 26.2 Å². The zero-order chi connectivity index (χ0) is 25.3. The molecule has 34 heavy (non-hydrogen) atoms. The summed E-state index contributed by atoms with van der Waals surface area (Å²) in [5, 5.41) is 3.49. The van der Waals surface area contributed by atoms with E-state index in [1.54, 1.807) is 47.4 Å². The summed E-state index contributed by atoms with van der Waals surface area (Å²) in [7, 11) is -2.12. The molecule has 0 aliphatic carbocycles. The summed E-state index contributed by atoms with van der Waals surface area (Å²) in [5.74, 6) is -0.408. The Morgan fingerprint density at radius 2 is 1.65 bits per heavy atom. The Kier molecular flexibility index (Phi) is 10.5. The standard InChI is InChI=1S/C25H34ClN3O4S/c1-5-23(25(31)27-19(2)3)29(18-20-13-15-21(26)16-14-20)24(30)12-9-17-28(4)34(32,33)22-10-7-6-8-11-22/h6-8,10-11,13-16,19,23H,5,9,12,17-18H2,1-4H3,(H,27,31)/t23-/m1/s1. The Morgan fingerprint density at radius 3 is 2.21 bits per heavy atom. The van der Waals surface area contributed by atoms with E-state index in [1.165, 1.54) is 11.4 Å². The predicted octanol–water partition coefficient (Wildman–Crippen LogP) is 4.07. The maximum absolute atomic E-state index is 13.3. The molecule has 2 rings (SSSR count). The largest absolute Gasteiger partial charge is 0.352 e. The number of halogens is 1. The maximum atomic E-state index is 13.3. The molecule has 7 nitrogen and oxygen atoms in total. The molecule has 1 atom stereocenters. The molecule has 0 saturated carbocycles. The third kappa shape index (κ3) is 7.82. The van der Waals surface area contributed by atoms with Crippen molar-refractivity contribution in [3.05, 3.63) is 65.2 Å². The van der Waals surface area contributed by atoms with Gasteiger partial charge in [-0.25, -0.2) is 12.7 Å². The fourth-order valence-corrected chi connectivity index (χ4v) is 4.93. The highest BCUT2D eigenvalue weighted by molar-refractivity contribution is 7.89. The van der Waals surface area contributed by atoms with Crippen LogP contribution in [0.3, 0.4) is 0 Å². The topological polar surface area (TPSA) is 86.8 Å². The molecule has 0 aliphatic rings. The average Bonchev–Trinajstić information content (AvgIpc) is 2.80. The molecular weight excluding hydrogens is 474 g/mol. The van der Waals surface area contributed by atoms with Gasteiger partial charge in [-0.05, 0) is 56.5 Å². The number of nitrogens with one attached hydrogen (secondary N) is 1. The smallest absolute Gasteiger partial charge is 0.243 e. The van der Waals surface area contributed by atoms with E-state index < -0.39 is 16.1 Å². The molecule has 186 valence electrons. The zero-order valence-electron chi connectivity index (χ0n) is 20.2. The van der Waals surface area contributed by atoms with E-state index in [2.05, 4.69) is 5.32 Å². The number of amides is 2. The minimum atomic E-state index is -3.63. The van der Waals surface area contributed by atoms with E-state index in [9.17, 15) is 18.0 Å². The van der Waals surface area contributed by atoms with Crippen LogP contribution in [0.15, 0.2) is 59.5 Å². The molecule has 0 fully saturated rings. The number of hydrogen-bond donors (Lipinski definition) is 1. The highest BCUT2D eigenvalue weighted by atomic mass is 35.5. The SMILES string of the molecule is CC[C@H](C(=O)NC(C)C)N(Cc1ccc(Cl)cc1)C(=O)CCCN(C)S(=O)(=O)c1ccccc1. The summed E-state index contributed by atoms with van der Waals surface area (Å²) in [6.45, 7) is 6.07. The minimum absolute atomic E-state index is 0.0501. The second-order valence-electron chi connectivity index (χ2n) is 8.48. The van der Waals surface area contributed by atoms with E-state index in [0.717, 1.165) is 5.56 Å². The molecule has 0 spiro atoms. The molecule has 0 aliphatic heterocycles. The number of benzene rings is 2. The quantitative estimate of drug-likeness (QED) is 0.469. The number of carbonyl (C=O) groups is 2. The third-order valence-corrected chi connectivity index (χ3v) is 7.52. The summed E-state index contributed by atoms with van der Waals surface area (Å²) in [6, 6.07) is 14.7. The monoisotopic (exact) mass is 507 g/mol. The third-order valence-electron chi connectivity index (χ3n) is 5.40. The van der Waals surface area contributed by atoms with E-state index in [0.29, 0.717) is 17.9 Å². The van der Waals surface area contributed by atoms with Gasteiger partial charge in [-0.3, -0.25) is 9.59 Å². The summed E-state index contributed by atoms with van der Waals surface area (Å²) < 4.78 is 26.7. The lowest BCUT2D eigenvalue weighted by atomic mass is 10.1. The Bertz CT molecular complexity index is 1040. The Balaban J connectivity index is 2.12. The number of rotatable bonds is 12. The second kappa shape index (κ2) is 12.9. The summed E-state index contributed by atoms with van der Waals surface area (Å²) in [6.07, 6.45) is 0.911. The second-order valence-corrected chi connectivity index (χ2v) is 11.0. The fraction of sp³-hybridized carbons (Fsp3) is 0.440. The number of sulfonamides is 1. The van der Waals surface area contributed by atoms with Crippen LogP contribution in [0.5, 0.6) is 0 Å². The first-order chi connectivity index (χ1) is 16.1. The van der Waals surface area contributed by atoms with Crippen molar-refractivity contribution in [1.29, 1.82) is 0 Å². The van der Waals surface area contributed by atoms with Crippen molar-refractivity contribution in [3.8, 4) is 0 Å². The normalized spacial score (nSPS) is 12.6. The van der Waals surface area contributed by atoms with Gasteiger partial charge in [0.25, 0.3) is 0 Å². The van der Waals surface area contributed by atoms with E-state index in [1.807, 2.05) is 32.9 Å². The number of carbonyl (C=O) groups excluding carboxylic acids is 2. The lowest BCUT2D eigenvalue weighted by Gasteiger charge is -2.31. The summed E-state index contributed by atoms with van der Waals surface area (Å²) in [5.41, 5.74) is 0.859. The van der Waals surface area contributed by atoms with Crippen molar-refractivity contribution in [3.63, 3.8) is 0 Å². The van der Waals surface area contributed by atoms with Crippen molar-refractivity contribution in [2.75, 3.05) is 13.6 Å². The van der Waals surface area contributed by atoms with Crippen LogP contribution in [0.25, 0.3) is 0 Å². The van der Waals surface area contributed by atoms with E-state index >= 15 is 0 Å². The number of nitrogens with zero attached hydrogens (tertiary/aromatic N) is 2. The van der Waals surface area contributed by atoms with Crippen LogP contribution < -0.4 is 5.32 Å². The molecule has 2 aromatic rings. The first-order valence-electron chi connectivity index (χ1n) is 11.4. The van der Waals surface area contributed by atoms with E-state index in [4.69, 9.17) is 11.6 Å². The summed E-state index contributed by atoms with van der Waals surface area (Å²) in [4.78, 5) is 27.9. The first kappa shape index (κ1) is 27.8. The zero-order valence-corrected chi connectivity index (χ0v) is 21.8. The minimum Gasteiger partial charge on any atom is -0.352 e. The molecule has 2 aromatic carbocycles. The molecule has 9 heteroatoms. The Morgan fingerprint density at radius 1 is 1.03 bits per heavy atom. The van der Waals surface area contributed by atoms with Crippen LogP contribution in [0, 0.1) is 0 Å². The first-order valence-corrected chi connectivity index (χ1v) is 13.2. The van der Waals surface area contributed by atoms with Gasteiger partial charge in [0.15, 0.2) is 0 Å². The molecule has 0 saturated heterocycles. The van der Waals surface area contributed by atoms with Crippen LogP contribution >= 0.6 is 11.6 Å². The van der Waals surface area contributed by atoms with Crippen LogP contribution in [0.2, 0.25) is 5.02 Å². The van der Waals surface area contributed by atoms with Crippen LogP contribution in [0.1, 0.15) is 45.6 Å². The highest BCUT2D eigenvalue weighted by Gasteiger charge is 2.29. The van der Waals surface area contributed by atoms with Crippen LogP contribution in [0.4, 0.5) is 0 Å². The van der Waals surface area contributed by atoms with Crippen molar-refractivity contribution in [2.45, 2.75) is 63.6 Å². The van der Waals surface area contributed by atoms with Gasteiger partial charge in [-0.15, -0.1) is 0 Å². The van der Waals surface area contributed by atoms with Crippen molar-refractivity contribution in [1.82, 2.24) is 14.5 Å². The molecule has 0 radical (unpaired) electrons. The summed E-state index contributed by atoms with van der Waals surface area (Å²) >= 11 is 5.99. The highest BCUT2D eigenvalue weighted by Crippen LogP contribution is 2.18. The van der Waals surface area contributed by atoms with Gasteiger partial charge in [-0.1, -0.05) is 48.9 Å². The van der Waals surface area contributed by atoms with Crippen molar-refractivity contribution in [2.24, 2.45) is 0 Å². The van der Waals surface area contributed by atoms with Crippen molar-refractivity contribution < 1.29 is 18.0 Å². The lowest BCUT2D eigenvalue weighted by molar-refractivity contribution is -0.141. The lowest BCUT2D eigenvalue weighted by Crippen LogP contribution is -2.50. The molecular formula is C25H34ClN3O4S. The molecule has 1 N–H and O–H groups in total.